The Hall–Kier alpha value is -3.39. The number of hydrogen-bond acceptors (Lipinski definition) is 5. The Labute approximate surface area is 166 Å². The third kappa shape index (κ3) is 5.31. The molecule has 3 aromatic rings. The summed E-state index contributed by atoms with van der Waals surface area (Å²) >= 11 is 5.94. The maximum Gasteiger partial charge on any atom is 0.291 e. The summed E-state index contributed by atoms with van der Waals surface area (Å²) in [7, 11) is 0. The van der Waals surface area contributed by atoms with Crippen LogP contribution in [-0.2, 0) is 11.3 Å². The van der Waals surface area contributed by atoms with Crippen LogP contribution in [-0.4, -0.2) is 33.4 Å². The van der Waals surface area contributed by atoms with Crippen LogP contribution in [0.15, 0.2) is 54.7 Å². The summed E-state index contributed by atoms with van der Waals surface area (Å²) < 4.78 is 6.90. The van der Waals surface area contributed by atoms with Crippen molar-refractivity contribution in [3.8, 4) is 5.75 Å². The van der Waals surface area contributed by atoms with Crippen LogP contribution in [0.25, 0.3) is 0 Å². The van der Waals surface area contributed by atoms with E-state index in [1.807, 2.05) is 37.3 Å². The molecule has 0 aliphatic heterocycles. The van der Waals surface area contributed by atoms with Gasteiger partial charge in [0.05, 0.1) is 12.7 Å². The largest absolute Gasteiger partial charge is 0.484 e. The highest BCUT2D eigenvalue weighted by atomic mass is 35.5. The molecule has 3 rings (SSSR count). The lowest BCUT2D eigenvalue weighted by molar-refractivity contribution is -0.123. The summed E-state index contributed by atoms with van der Waals surface area (Å²) in [5, 5.41) is 8.33. The van der Waals surface area contributed by atoms with Gasteiger partial charge in [-0.1, -0.05) is 47.1 Å². The van der Waals surface area contributed by atoms with E-state index in [0.29, 0.717) is 17.3 Å². The molecule has 2 amide bonds. The molecule has 0 aliphatic carbocycles. The number of rotatable bonds is 6. The van der Waals surface area contributed by atoms with Crippen LogP contribution in [0.1, 0.15) is 21.6 Å². The Morgan fingerprint density at radius 3 is 2.68 bits per heavy atom. The van der Waals surface area contributed by atoms with Gasteiger partial charge in [-0.2, -0.15) is 0 Å². The minimum Gasteiger partial charge on any atom is -0.484 e. The minimum absolute atomic E-state index is 0.0884. The van der Waals surface area contributed by atoms with E-state index in [9.17, 15) is 9.59 Å². The molecule has 1 aromatic heterocycles. The Bertz CT molecular complexity index is 975. The van der Waals surface area contributed by atoms with Gasteiger partial charge in [0.25, 0.3) is 11.8 Å². The summed E-state index contributed by atoms with van der Waals surface area (Å²) in [6, 6.07) is 14.7. The molecule has 0 unspecified atom stereocenters. The quantitative estimate of drug-likeness (QED) is 0.619. The number of nitrogens with one attached hydrogen (secondary N) is 2. The van der Waals surface area contributed by atoms with Gasteiger partial charge in [-0.25, -0.2) is 4.68 Å². The van der Waals surface area contributed by atoms with Gasteiger partial charge in [0.1, 0.15) is 5.75 Å². The van der Waals surface area contributed by atoms with Crippen molar-refractivity contribution in [3.05, 3.63) is 76.6 Å². The number of hydrazine groups is 1. The molecule has 144 valence electrons. The van der Waals surface area contributed by atoms with Crippen LogP contribution in [0.4, 0.5) is 0 Å². The molecule has 0 atom stereocenters. The van der Waals surface area contributed by atoms with E-state index < -0.39 is 11.8 Å². The smallest absolute Gasteiger partial charge is 0.291 e. The maximum atomic E-state index is 12.1. The van der Waals surface area contributed by atoms with Crippen molar-refractivity contribution in [3.63, 3.8) is 0 Å². The van der Waals surface area contributed by atoms with Gasteiger partial charge in [-0.15, -0.1) is 5.10 Å². The average Bonchev–Trinajstić information content (AvgIpc) is 3.16. The second kappa shape index (κ2) is 9.01. The molecular formula is C19H18ClN5O3. The zero-order chi connectivity index (χ0) is 19.9. The zero-order valence-electron chi connectivity index (χ0n) is 15.1. The molecule has 28 heavy (non-hydrogen) atoms. The predicted molar refractivity (Wildman–Crippen MR) is 103 cm³/mol. The normalized spacial score (nSPS) is 10.4. The summed E-state index contributed by atoms with van der Waals surface area (Å²) in [5.41, 5.74) is 6.50. The number of nitrogens with zero attached hydrogens (tertiary/aromatic N) is 3. The molecule has 0 bridgehead atoms. The third-order valence-electron chi connectivity index (χ3n) is 3.77. The van der Waals surface area contributed by atoms with Crippen molar-refractivity contribution in [2.45, 2.75) is 13.5 Å². The fourth-order valence-electron chi connectivity index (χ4n) is 2.33. The number of aryl methyl sites for hydroxylation is 1. The molecule has 9 heteroatoms. The molecule has 0 aliphatic rings. The highest BCUT2D eigenvalue weighted by Gasteiger charge is 2.12. The number of benzene rings is 2. The van der Waals surface area contributed by atoms with Crippen LogP contribution in [0.5, 0.6) is 5.75 Å². The van der Waals surface area contributed by atoms with E-state index in [4.69, 9.17) is 16.3 Å². The number of carbonyl (C=O) groups excluding carboxylic acids is 2. The van der Waals surface area contributed by atoms with Gasteiger partial charge in [0.15, 0.2) is 12.3 Å². The van der Waals surface area contributed by atoms with Crippen LogP contribution >= 0.6 is 11.6 Å². The molecule has 0 radical (unpaired) electrons. The van der Waals surface area contributed by atoms with Gasteiger partial charge in [-0.3, -0.25) is 20.4 Å². The Morgan fingerprint density at radius 1 is 1.14 bits per heavy atom. The first-order valence-corrected chi connectivity index (χ1v) is 8.81. The fourth-order valence-corrected chi connectivity index (χ4v) is 2.45. The molecule has 2 N–H and O–H groups in total. The van der Waals surface area contributed by atoms with Crippen molar-refractivity contribution >= 4 is 23.4 Å². The fraction of sp³-hybridized carbons (Fsp3) is 0.158. The van der Waals surface area contributed by atoms with E-state index in [-0.39, 0.29) is 12.3 Å². The van der Waals surface area contributed by atoms with E-state index in [1.165, 1.54) is 10.9 Å². The van der Waals surface area contributed by atoms with E-state index >= 15 is 0 Å². The molecule has 0 saturated carbocycles. The topological polar surface area (TPSA) is 98.1 Å². The number of hydrogen-bond donors (Lipinski definition) is 2. The number of carbonyl (C=O) groups is 2. The van der Waals surface area contributed by atoms with Crippen molar-refractivity contribution in [1.82, 2.24) is 25.8 Å². The molecule has 0 spiro atoms. The molecule has 1 heterocycles. The first kappa shape index (κ1) is 19.4. The first-order chi connectivity index (χ1) is 13.5. The van der Waals surface area contributed by atoms with Crippen molar-refractivity contribution in [1.29, 1.82) is 0 Å². The van der Waals surface area contributed by atoms with Gasteiger partial charge >= 0.3 is 0 Å². The monoisotopic (exact) mass is 399 g/mol. The maximum absolute atomic E-state index is 12.1. The van der Waals surface area contributed by atoms with E-state index in [1.54, 1.807) is 18.2 Å². The number of ether oxygens (including phenoxy) is 1. The van der Waals surface area contributed by atoms with Gasteiger partial charge in [0, 0.05) is 5.02 Å². The van der Waals surface area contributed by atoms with Crippen molar-refractivity contribution in [2.75, 3.05) is 6.61 Å². The third-order valence-corrected chi connectivity index (χ3v) is 4.20. The standard InChI is InChI=1S/C19H18ClN5O3/c1-13-9-15(7-8-16(13)20)28-12-18(26)22-23-19(27)17-11-25(24-21-17)10-14-5-3-2-4-6-14/h2-9,11H,10,12H2,1H3,(H,22,26)(H,23,27). The summed E-state index contributed by atoms with van der Waals surface area (Å²) in [6.45, 7) is 2.06. The van der Waals surface area contributed by atoms with Gasteiger partial charge in [-0.05, 0) is 36.2 Å². The lowest BCUT2D eigenvalue weighted by Gasteiger charge is -2.08. The predicted octanol–water partition coefficient (Wildman–Crippen LogP) is 2.13. The number of halogens is 1. The molecule has 0 fully saturated rings. The minimum atomic E-state index is -0.574. The highest BCUT2D eigenvalue weighted by molar-refractivity contribution is 6.31. The van der Waals surface area contributed by atoms with Gasteiger partial charge < -0.3 is 4.74 Å². The van der Waals surface area contributed by atoms with Crippen LogP contribution in [0.3, 0.4) is 0 Å². The van der Waals surface area contributed by atoms with Crippen molar-refractivity contribution in [2.24, 2.45) is 0 Å². The van der Waals surface area contributed by atoms with Crippen molar-refractivity contribution < 1.29 is 14.3 Å². The summed E-state index contributed by atoms with van der Waals surface area (Å²) in [6.07, 6.45) is 1.50. The lowest BCUT2D eigenvalue weighted by Crippen LogP contribution is -2.44. The van der Waals surface area contributed by atoms with Crippen LogP contribution < -0.4 is 15.6 Å². The average molecular weight is 400 g/mol. The van der Waals surface area contributed by atoms with Gasteiger partial charge in [0.2, 0.25) is 0 Å². The van der Waals surface area contributed by atoms with E-state index in [2.05, 4.69) is 21.2 Å². The number of aromatic nitrogens is 3. The highest BCUT2D eigenvalue weighted by Crippen LogP contribution is 2.20. The Morgan fingerprint density at radius 2 is 1.93 bits per heavy atom. The second-order valence-electron chi connectivity index (χ2n) is 5.99. The molecule has 2 aromatic carbocycles. The SMILES string of the molecule is Cc1cc(OCC(=O)NNC(=O)c2cn(Cc3ccccc3)nn2)ccc1Cl. The number of amides is 2. The van der Waals surface area contributed by atoms with Crippen LogP contribution in [0.2, 0.25) is 5.02 Å². The van der Waals surface area contributed by atoms with E-state index in [0.717, 1.165) is 11.1 Å². The zero-order valence-corrected chi connectivity index (χ0v) is 15.8. The first-order valence-electron chi connectivity index (χ1n) is 8.43. The molecular weight excluding hydrogens is 382 g/mol. The molecule has 0 saturated heterocycles. The Balaban J connectivity index is 1.45. The van der Waals surface area contributed by atoms with Crippen LogP contribution in [0, 0.1) is 6.92 Å². The second-order valence-corrected chi connectivity index (χ2v) is 6.40. The Kier molecular flexibility index (Phi) is 6.23. The summed E-state index contributed by atoms with van der Waals surface area (Å²) in [5.74, 6) is -0.583. The molecule has 8 nitrogen and oxygen atoms in total. The summed E-state index contributed by atoms with van der Waals surface area (Å²) in [4.78, 5) is 23.9. The lowest BCUT2D eigenvalue weighted by atomic mass is 10.2.